The van der Waals surface area contributed by atoms with Crippen LogP contribution in [0.15, 0.2) is 23.8 Å². The lowest BCUT2D eigenvalue weighted by molar-refractivity contribution is -0.158. The highest BCUT2D eigenvalue weighted by atomic mass is 16.7. The topological polar surface area (TPSA) is 108 Å². The molecule has 41 heavy (non-hydrogen) atoms. The highest BCUT2D eigenvalue weighted by Crippen LogP contribution is 2.60. The van der Waals surface area contributed by atoms with Gasteiger partial charge in [0.2, 0.25) is 18.3 Å². The number of hydrogen-bond acceptors (Lipinski definition) is 10. The van der Waals surface area contributed by atoms with E-state index in [-0.39, 0.29) is 31.0 Å². The largest absolute Gasteiger partial charge is 0.493 e. The number of hydrogen-bond donors (Lipinski definition) is 0. The number of carbonyl (C=O) groups excluding carboxylic acids is 2. The molecular weight excluding hydrogens is 532 g/mol. The van der Waals surface area contributed by atoms with Crippen LogP contribution in [-0.2, 0) is 19.1 Å². The third-order valence-electron chi connectivity index (χ3n) is 7.90. The van der Waals surface area contributed by atoms with Gasteiger partial charge >= 0.3 is 11.9 Å². The van der Waals surface area contributed by atoms with Crippen molar-refractivity contribution in [2.75, 3.05) is 35.2 Å². The Balaban J connectivity index is 2.20. The molecule has 4 rings (SSSR count). The summed E-state index contributed by atoms with van der Waals surface area (Å²) in [5.74, 6) is 0.740. The first-order valence-electron chi connectivity index (χ1n) is 13.5. The quantitative estimate of drug-likeness (QED) is 0.279. The van der Waals surface area contributed by atoms with E-state index in [1.165, 1.54) is 28.4 Å². The van der Waals surface area contributed by atoms with E-state index in [1.54, 1.807) is 32.9 Å². The molecule has 2 aromatic carbocycles. The summed E-state index contributed by atoms with van der Waals surface area (Å²) in [6.45, 7) is 9.13. The zero-order valence-corrected chi connectivity index (χ0v) is 25.0. The van der Waals surface area contributed by atoms with Crippen LogP contribution in [0.25, 0.3) is 11.1 Å². The second-order valence-electron chi connectivity index (χ2n) is 10.00. The van der Waals surface area contributed by atoms with Crippen LogP contribution in [0.5, 0.6) is 34.5 Å². The van der Waals surface area contributed by atoms with Crippen molar-refractivity contribution in [1.82, 2.24) is 0 Å². The lowest BCUT2D eigenvalue weighted by Gasteiger charge is -2.39. The van der Waals surface area contributed by atoms with Gasteiger partial charge in [0.15, 0.2) is 23.0 Å². The van der Waals surface area contributed by atoms with Crippen molar-refractivity contribution in [1.29, 1.82) is 0 Å². The minimum atomic E-state index is -0.804. The molecule has 4 unspecified atom stereocenters. The predicted octanol–water partition coefficient (Wildman–Crippen LogP) is 5.95. The number of carbonyl (C=O) groups is 2. The molecule has 0 aromatic heterocycles. The molecule has 222 valence electrons. The van der Waals surface area contributed by atoms with Crippen LogP contribution in [0.4, 0.5) is 0 Å². The minimum Gasteiger partial charge on any atom is -0.493 e. The summed E-state index contributed by atoms with van der Waals surface area (Å²) < 4.78 is 47.3. The Morgan fingerprint density at radius 2 is 1.44 bits per heavy atom. The number of benzene rings is 2. The molecule has 0 saturated carbocycles. The average Bonchev–Trinajstić information content (AvgIpc) is 3.47. The van der Waals surface area contributed by atoms with Gasteiger partial charge in [0.25, 0.3) is 0 Å². The van der Waals surface area contributed by atoms with Crippen molar-refractivity contribution in [3.05, 3.63) is 34.9 Å². The Morgan fingerprint density at radius 1 is 0.854 bits per heavy atom. The van der Waals surface area contributed by atoms with Crippen LogP contribution in [0, 0.1) is 11.8 Å². The zero-order valence-electron chi connectivity index (χ0n) is 25.0. The van der Waals surface area contributed by atoms with Gasteiger partial charge in [-0.15, -0.1) is 0 Å². The lowest BCUT2D eigenvalue weighted by atomic mass is 9.74. The van der Waals surface area contributed by atoms with E-state index in [1.807, 2.05) is 19.9 Å². The summed E-state index contributed by atoms with van der Waals surface area (Å²) in [7, 11) is 6.07. The maximum Gasteiger partial charge on any atom is 0.333 e. The van der Waals surface area contributed by atoms with Gasteiger partial charge in [0.1, 0.15) is 12.2 Å². The Bertz CT molecular complexity index is 1360. The second kappa shape index (κ2) is 12.2. The number of ether oxygens (including phenoxy) is 8. The standard InChI is InChI=1S/C31H38O10/c1-10-15(3)31(33)41-26-17(5)16(4)25(40-22(32)11-2)19-13-21-28(39-14-38-21)30(37-9)24(19)23-18(26)12-20(34-6)27(35-7)29(23)36-8/h10,12-13,16-17,25-26H,11,14H2,1-9H3. The maximum atomic E-state index is 13.2. The normalized spacial score (nSPS) is 21.0. The summed E-state index contributed by atoms with van der Waals surface area (Å²) in [4.78, 5) is 26.0. The van der Waals surface area contributed by atoms with E-state index in [2.05, 4.69) is 0 Å². The van der Waals surface area contributed by atoms with Gasteiger partial charge in [-0.1, -0.05) is 26.8 Å². The number of allylic oxidation sites excluding steroid dienone is 1. The molecule has 2 aromatic rings. The number of esters is 2. The van der Waals surface area contributed by atoms with Crippen molar-refractivity contribution in [3.63, 3.8) is 0 Å². The third-order valence-corrected chi connectivity index (χ3v) is 7.90. The molecule has 2 aliphatic rings. The van der Waals surface area contributed by atoms with Crippen LogP contribution < -0.4 is 28.4 Å². The van der Waals surface area contributed by atoms with Crippen molar-refractivity contribution in [2.24, 2.45) is 11.8 Å². The molecule has 0 saturated heterocycles. The number of rotatable bonds is 8. The second-order valence-corrected chi connectivity index (χ2v) is 10.00. The van der Waals surface area contributed by atoms with Gasteiger partial charge in [0.05, 0.1) is 28.4 Å². The fraction of sp³-hybridized carbons (Fsp3) is 0.484. The molecule has 0 bridgehead atoms. The summed E-state index contributed by atoms with van der Waals surface area (Å²) >= 11 is 0. The predicted molar refractivity (Wildman–Crippen MR) is 150 cm³/mol. The molecule has 0 radical (unpaired) electrons. The Labute approximate surface area is 240 Å². The van der Waals surface area contributed by atoms with Crippen LogP contribution in [-0.4, -0.2) is 47.2 Å². The lowest BCUT2D eigenvalue weighted by Crippen LogP contribution is -2.31. The van der Waals surface area contributed by atoms with Crippen LogP contribution >= 0.6 is 0 Å². The fourth-order valence-corrected chi connectivity index (χ4v) is 5.38. The van der Waals surface area contributed by atoms with Crippen molar-refractivity contribution < 1.29 is 47.5 Å². The molecular formula is C31H38O10. The van der Waals surface area contributed by atoms with E-state index in [4.69, 9.17) is 37.9 Å². The summed E-state index contributed by atoms with van der Waals surface area (Å²) in [6.07, 6.45) is 0.312. The first-order chi connectivity index (χ1) is 19.7. The van der Waals surface area contributed by atoms with E-state index in [0.29, 0.717) is 62.3 Å². The zero-order chi connectivity index (χ0) is 30.0. The first kappa shape index (κ1) is 29.9. The van der Waals surface area contributed by atoms with Crippen molar-refractivity contribution in [2.45, 2.75) is 53.2 Å². The number of fused-ring (bicyclic) bond motifs is 4. The van der Waals surface area contributed by atoms with Crippen LogP contribution in [0.1, 0.15) is 64.4 Å². The molecule has 0 fully saturated rings. The Kier molecular flexibility index (Phi) is 8.89. The molecule has 1 heterocycles. The molecule has 4 atom stereocenters. The van der Waals surface area contributed by atoms with Crippen LogP contribution in [0.3, 0.4) is 0 Å². The first-order valence-corrected chi connectivity index (χ1v) is 13.5. The van der Waals surface area contributed by atoms with Gasteiger partial charge in [-0.3, -0.25) is 4.79 Å². The van der Waals surface area contributed by atoms with Gasteiger partial charge in [-0.05, 0) is 26.0 Å². The molecule has 0 spiro atoms. The number of methoxy groups -OCH3 is 4. The maximum absolute atomic E-state index is 13.2. The van der Waals surface area contributed by atoms with E-state index in [9.17, 15) is 9.59 Å². The summed E-state index contributed by atoms with van der Waals surface area (Å²) in [5, 5.41) is 0. The highest BCUT2D eigenvalue weighted by Gasteiger charge is 2.44. The summed E-state index contributed by atoms with van der Waals surface area (Å²) in [5.41, 5.74) is 2.77. The molecule has 1 aliphatic heterocycles. The SMILES string of the molecule is CC=C(C)C(=O)OC1c2cc(OC)c(OC)c(OC)c2-c2c(cc3c(c2OC)OCO3)C(OC(=O)CC)C(C)C1C. The minimum absolute atomic E-state index is 0.00124. The van der Waals surface area contributed by atoms with Gasteiger partial charge in [-0.25, -0.2) is 4.79 Å². The molecule has 10 nitrogen and oxygen atoms in total. The average molecular weight is 571 g/mol. The Morgan fingerprint density at radius 3 is 2.00 bits per heavy atom. The van der Waals surface area contributed by atoms with Crippen molar-refractivity contribution in [3.8, 4) is 45.6 Å². The molecule has 1 aliphatic carbocycles. The fourth-order valence-electron chi connectivity index (χ4n) is 5.38. The van der Waals surface area contributed by atoms with Gasteiger partial charge in [-0.2, -0.15) is 0 Å². The smallest absolute Gasteiger partial charge is 0.333 e. The summed E-state index contributed by atoms with van der Waals surface area (Å²) in [6, 6.07) is 3.60. The van der Waals surface area contributed by atoms with E-state index >= 15 is 0 Å². The monoisotopic (exact) mass is 570 g/mol. The van der Waals surface area contributed by atoms with Crippen molar-refractivity contribution >= 4 is 11.9 Å². The highest BCUT2D eigenvalue weighted by molar-refractivity contribution is 5.91. The van der Waals surface area contributed by atoms with E-state index in [0.717, 1.165) is 0 Å². The molecule has 0 N–H and O–H groups in total. The third kappa shape index (κ3) is 5.11. The molecule has 0 amide bonds. The van der Waals surface area contributed by atoms with Gasteiger partial charge in [0, 0.05) is 46.1 Å². The molecule has 10 heteroatoms. The van der Waals surface area contributed by atoms with Crippen LogP contribution in [0.2, 0.25) is 0 Å². The van der Waals surface area contributed by atoms with E-state index < -0.39 is 18.2 Å². The van der Waals surface area contributed by atoms with Gasteiger partial charge < -0.3 is 37.9 Å². The Hall–Kier alpha value is -4.08.